The Morgan fingerprint density at radius 1 is 1.31 bits per heavy atom. The lowest BCUT2D eigenvalue weighted by molar-refractivity contribution is -0.149. The van der Waals surface area contributed by atoms with Crippen molar-refractivity contribution in [1.29, 1.82) is 0 Å². The van der Waals surface area contributed by atoms with Gasteiger partial charge >= 0.3 is 6.18 Å². The van der Waals surface area contributed by atoms with Crippen LogP contribution in [0.3, 0.4) is 0 Å². The van der Waals surface area contributed by atoms with Gasteiger partial charge in [0, 0.05) is 5.56 Å². The van der Waals surface area contributed by atoms with E-state index >= 15 is 0 Å². The van der Waals surface area contributed by atoms with Gasteiger partial charge in [-0.05, 0) is 18.2 Å². The third kappa shape index (κ3) is 3.24. The zero-order chi connectivity index (χ0) is 11.6. The topological polar surface area (TPSA) is 35.2 Å². The van der Waals surface area contributed by atoms with Crippen LogP contribution >= 0.6 is 12.4 Å². The summed E-state index contributed by atoms with van der Waals surface area (Å²) in [5.41, 5.74) is 4.53. The predicted molar refractivity (Wildman–Crippen MR) is 53.2 cm³/mol. The van der Waals surface area contributed by atoms with Gasteiger partial charge in [-0.1, -0.05) is 0 Å². The van der Waals surface area contributed by atoms with Crippen LogP contribution in [0.2, 0.25) is 0 Å². The number of hydrogen-bond donors (Lipinski definition) is 1. The first-order valence-corrected chi connectivity index (χ1v) is 4.02. The second-order valence-corrected chi connectivity index (χ2v) is 2.91. The molecule has 92 valence electrons. The van der Waals surface area contributed by atoms with Gasteiger partial charge in [0.15, 0.2) is 0 Å². The van der Waals surface area contributed by atoms with Crippen LogP contribution in [0.1, 0.15) is 11.6 Å². The number of ether oxygens (including phenoxy) is 1. The average Bonchev–Trinajstić information content (AvgIpc) is 2.15. The van der Waals surface area contributed by atoms with Crippen molar-refractivity contribution in [2.45, 2.75) is 12.2 Å². The summed E-state index contributed by atoms with van der Waals surface area (Å²) < 4.78 is 54.3. The lowest BCUT2D eigenvalue weighted by Gasteiger charge is -2.18. The molecule has 0 aliphatic heterocycles. The molecule has 0 aromatic heterocycles. The Morgan fingerprint density at radius 2 is 1.88 bits per heavy atom. The molecule has 16 heavy (non-hydrogen) atoms. The SMILES string of the molecule is COc1ccc(F)cc1[C@H](N)C(F)(F)F.Cl. The third-order valence-corrected chi connectivity index (χ3v) is 1.88. The summed E-state index contributed by atoms with van der Waals surface area (Å²) in [6.45, 7) is 0. The molecule has 2 nitrogen and oxygen atoms in total. The highest BCUT2D eigenvalue weighted by Crippen LogP contribution is 2.35. The molecule has 1 atom stereocenters. The molecule has 0 aliphatic carbocycles. The van der Waals surface area contributed by atoms with E-state index in [1.807, 2.05) is 0 Å². The van der Waals surface area contributed by atoms with E-state index < -0.39 is 23.6 Å². The highest BCUT2D eigenvalue weighted by atomic mass is 35.5. The minimum atomic E-state index is -4.62. The summed E-state index contributed by atoms with van der Waals surface area (Å²) in [5, 5.41) is 0. The van der Waals surface area contributed by atoms with Crippen LogP contribution in [-0.4, -0.2) is 13.3 Å². The quantitative estimate of drug-likeness (QED) is 0.829. The minimum absolute atomic E-state index is 0. The van der Waals surface area contributed by atoms with E-state index in [1.54, 1.807) is 0 Å². The van der Waals surface area contributed by atoms with Gasteiger partial charge < -0.3 is 10.5 Å². The zero-order valence-electron chi connectivity index (χ0n) is 8.22. The molecule has 0 saturated carbocycles. The van der Waals surface area contributed by atoms with Crippen LogP contribution in [0, 0.1) is 5.82 Å². The normalized spacial score (nSPS) is 12.9. The number of nitrogens with two attached hydrogens (primary N) is 1. The van der Waals surface area contributed by atoms with E-state index in [0.29, 0.717) is 0 Å². The molecule has 0 fully saturated rings. The smallest absolute Gasteiger partial charge is 0.407 e. The number of hydrogen-bond acceptors (Lipinski definition) is 2. The van der Waals surface area contributed by atoms with Gasteiger partial charge in [0.05, 0.1) is 7.11 Å². The average molecular weight is 260 g/mol. The van der Waals surface area contributed by atoms with Crippen LogP contribution in [0.25, 0.3) is 0 Å². The maximum Gasteiger partial charge on any atom is 0.407 e. The van der Waals surface area contributed by atoms with E-state index in [2.05, 4.69) is 4.74 Å². The molecule has 0 heterocycles. The number of halogens is 5. The van der Waals surface area contributed by atoms with Crippen LogP contribution < -0.4 is 10.5 Å². The maximum absolute atomic E-state index is 12.8. The fraction of sp³-hybridized carbons (Fsp3) is 0.333. The second kappa shape index (κ2) is 5.36. The van der Waals surface area contributed by atoms with Gasteiger partial charge in [0.2, 0.25) is 0 Å². The molecule has 0 saturated heterocycles. The molecule has 7 heteroatoms. The number of methoxy groups -OCH3 is 1. The van der Waals surface area contributed by atoms with Gasteiger partial charge in [-0.15, -0.1) is 12.4 Å². The molecule has 0 spiro atoms. The number of rotatable bonds is 2. The van der Waals surface area contributed by atoms with Gasteiger partial charge in [0.25, 0.3) is 0 Å². The summed E-state index contributed by atoms with van der Waals surface area (Å²) in [6, 6.07) is 0.585. The van der Waals surface area contributed by atoms with Crippen molar-refractivity contribution in [1.82, 2.24) is 0 Å². The molecular formula is C9H10ClF4NO. The lowest BCUT2D eigenvalue weighted by atomic mass is 10.1. The van der Waals surface area contributed by atoms with Gasteiger partial charge in [-0.25, -0.2) is 4.39 Å². The number of benzene rings is 1. The Hall–Kier alpha value is -1.01. The van der Waals surface area contributed by atoms with E-state index in [-0.39, 0.29) is 18.2 Å². The highest BCUT2D eigenvalue weighted by molar-refractivity contribution is 5.85. The maximum atomic E-state index is 12.8. The Balaban J connectivity index is 0.00000225. The van der Waals surface area contributed by atoms with Crippen molar-refractivity contribution in [3.63, 3.8) is 0 Å². The van der Waals surface area contributed by atoms with Gasteiger partial charge in [-0.3, -0.25) is 0 Å². The van der Waals surface area contributed by atoms with Crippen molar-refractivity contribution in [3.8, 4) is 5.75 Å². The minimum Gasteiger partial charge on any atom is -0.496 e. The fourth-order valence-corrected chi connectivity index (χ4v) is 1.12. The van der Waals surface area contributed by atoms with Gasteiger partial charge in [-0.2, -0.15) is 13.2 Å². The van der Waals surface area contributed by atoms with E-state index in [1.165, 1.54) is 7.11 Å². The summed E-state index contributed by atoms with van der Waals surface area (Å²) in [7, 11) is 1.19. The molecule has 0 amide bonds. The Labute approximate surface area is 95.8 Å². The molecule has 1 aromatic carbocycles. The lowest BCUT2D eigenvalue weighted by Crippen LogP contribution is -2.28. The van der Waals surface area contributed by atoms with Crippen molar-refractivity contribution in [2.75, 3.05) is 7.11 Å². The summed E-state index contributed by atoms with van der Waals surface area (Å²) in [4.78, 5) is 0. The second-order valence-electron chi connectivity index (χ2n) is 2.91. The van der Waals surface area contributed by atoms with Gasteiger partial charge in [0.1, 0.15) is 17.6 Å². The first-order chi connectivity index (χ1) is 6.86. The molecular weight excluding hydrogens is 250 g/mol. The van der Waals surface area contributed by atoms with E-state index in [0.717, 1.165) is 18.2 Å². The Morgan fingerprint density at radius 3 is 2.31 bits per heavy atom. The largest absolute Gasteiger partial charge is 0.496 e. The van der Waals surface area contributed by atoms with Crippen molar-refractivity contribution in [3.05, 3.63) is 29.6 Å². The van der Waals surface area contributed by atoms with Crippen molar-refractivity contribution >= 4 is 12.4 Å². The first-order valence-electron chi connectivity index (χ1n) is 4.02. The van der Waals surface area contributed by atoms with E-state index in [9.17, 15) is 17.6 Å². The summed E-state index contributed by atoms with van der Waals surface area (Å²) in [5.74, 6) is -0.869. The summed E-state index contributed by atoms with van der Waals surface area (Å²) >= 11 is 0. The Bertz CT molecular complexity index is 356. The standard InChI is InChI=1S/C9H9F4NO.ClH/c1-15-7-3-2-5(10)4-6(7)8(14)9(11,12)13;/h2-4,8H,14H2,1H3;1H/t8-;/m0./s1. The molecule has 0 unspecified atom stereocenters. The zero-order valence-corrected chi connectivity index (χ0v) is 9.03. The molecule has 1 aromatic rings. The highest BCUT2D eigenvalue weighted by Gasteiger charge is 2.39. The van der Waals surface area contributed by atoms with Crippen LogP contribution in [0.5, 0.6) is 5.75 Å². The first kappa shape index (κ1) is 15.0. The Kier molecular flexibility index (Phi) is 5.02. The molecule has 1 rings (SSSR count). The predicted octanol–water partition coefficient (Wildman–Crippen LogP) is 2.82. The van der Waals surface area contributed by atoms with Crippen LogP contribution in [-0.2, 0) is 0 Å². The van der Waals surface area contributed by atoms with Crippen LogP contribution in [0.4, 0.5) is 17.6 Å². The monoisotopic (exact) mass is 259 g/mol. The van der Waals surface area contributed by atoms with Crippen LogP contribution in [0.15, 0.2) is 18.2 Å². The molecule has 2 N–H and O–H groups in total. The van der Waals surface area contributed by atoms with Crippen molar-refractivity contribution < 1.29 is 22.3 Å². The molecule has 0 aliphatic rings. The van der Waals surface area contributed by atoms with Crippen molar-refractivity contribution in [2.24, 2.45) is 5.73 Å². The third-order valence-electron chi connectivity index (χ3n) is 1.88. The van der Waals surface area contributed by atoms with E-state index in [4.69, 9.17) is 5.73 Å². The fourth-order valence-electron chi connectivity index (χ4n) is 1.12. The number of alkyl halides is 3. The molecule has 0 bridgehead atoms. The molecule has 0 radical (unpaired) electrons. The summed E-state index contributed by atoms with van der Waals surface area (Å²) in [6.07, 6.45) is -4.62.